The molecule has 0 bridgehead atoms. The molecule has 1 amide bonds. The van der Waals surface area contributed by atoms with Crippen LogP contribution in [0.1, 0.15) is 10.5 Å². The average Bonchev–Trinajstić information content (AvgIpc) is 2.47. The lowest BCUT2D eigenvalue weighted by molar-refractivity contribution is -0.132. The van der Waals surface area contributed by atoms with E-state index in [0.29, 0.717) is 19.8 Å². The van der Waals surface area contributed by atoms with Crippen molar-refractivity contribution in [3.63, 3.8) is 0 Å². The normalized spacial score (nSPS) is 26.9. The third-order valence-electron chi connectivity index (χ3n) is 3.11. The first-order valence-electron chi connectivity index (χ1n) is 6.07. The number of aromatic nitrogens is 2. The molecule has 0 spiro atoms. The van der Waals surface area contributed by atoms with E-state index in [1.54, 1.807) is 12.1 Å². The van der Waals surface area contributed by atoms with Gasteiger partial charge in [-0.25, -0.2) is 0 Å². The molecule has 1 saturated heterocycles. The largest absolute Gasteiger partial charge is 0.390 e. The molecule has 0 unspecified atom stereocenters. The number of nitrogens with one attached hydrogen (secondary N) is 1. The van der Waals surface area contributed by atoms with E-state index in [1.807, 2.05) is 0 Å². The first-order chi connectivity index (χ1) is 9.22. The fourth-order valence-corrected chi connectivity index (χ4v) is 1.96. The summed E-state index contributed by atoms with van der Waals surface area (Å²) in [6.45, 7) is 1.06. The van der Waals surface area contributed by atoms with Crippen LogP contribution in [0, 0.1) is 5.92 Å². The van der Waals surface area contributed by atoms with Gasteiger partial charge in [0.1, 0.15) is 6.10 Å². The highest BCUT2D eigenvalue weighted by Crippen LogP contribution is 2.16. The smallest absolute Gasteiger partial charge is 0.271 e. The summed E-state index contributed by atoms with van der Waals surface area (Å²) in [4.78, 5) is 11.8. The Morgan fingerprint density at radius 1 is 1.63 bits per heavy atom. The van der Waals surface area contributed by atoms with Crippen molar-refractivity contribution in [3.05, 3.63) is 24.0 Å². The third kappa shape index (κ3) is 3.46. The fourth-order valence-electron chi connectivity index (χ4n) is 1.96. The van der Waals surface area contributed by atoms with Crippen molar-refractivity contribution in [1.29, 1.82) is 0 Å². The van der Waals surface area contributed by atoms with E-state index in [4.69, 9.17) is 9.47 Å². The molecule has 1 aromatic heterocycles. The zero-order valence-corrected chi connectivity index (χ0v) is 10.7. The molecule has 0 aliphatic carbocycles. The first-order valence-corrected chi connectivity index (χ1v) is 6.07. The molecule has 7 nitrogen and oxygen atoms in total. The Morgan fingerprint density at radius 3 is 3.16 bits per heavy atom. The number of rotatable bonds is 4. The zero-order valence-electron chi connectivity index (χ0n) is 10.7. The molecule has 0 aromatic carbocycles. The van der Waals surface area contributed by atoms with Crippen LogP contribution in [0.15, 0.2) is 18.3 Å². The predicted octanol–water partition coefficient (Wildman–Crippen LogP) is -0.771. The number of amides is 1. The van der Waals surface area contributed by atoms with Crippen LogP contribution < -0.4 is 5.32 Å². The molecule has 0 radical (unpaired) electrons. The van der Waals surface area contributed by atoms with Gasteiger partial charge in [-0.1, -0.05) is 0 Å². The van der Waals surface area contributed by atoms with Gasteiger partial charge in [0.05, 0.1) is 19.3 Å². The molecule has 7 heteroatoms. The summed E-state index contributed by atoms with van der Waals surface area (Å²) in [7, 11) is 1.53. The Labute approximate surface area is 110 Å². The molecule has 2 heterocycles. The standard InChI is InChI=1S/C12H17N3O4/c1-18-10-7-19-6-8(11(10)16)5-13-12(17)9-3-2-4-14-15-9/h2-4,8,10-11,16H,5-7H2,1H3,(H,13,17)/t8-,10-,11+/m1/s1. The summed E-state index contributed by atoms with van der Waals surface area (Å²) in [6.07, 6.45) is 0.492. The molecule has 1 aromatic rings. The van der Waals surface area contributed by atoms with E-state index in [-0.39, 0.29) is 23.6 Å². The van der Waals surface area contributed by atoms with Crippen LogP contribution in [0.5, 0.6) is 0 Å². The van der Waals surface area contributed by atoms with Crippen LogP contribution in [-0.2, 0) is 9.47 Å². The first kappa shape index (κ1) is 13.9. The predicted molar refractivity (Wildman–Crippen MR) is 65.5 cm³/mol. The van der Waals surface area contributed by atoms with Gasteiger partial charge in [0.15, 0.2) is 5.69 Å². The molecular formula is C12H17N3O4. The number of hydrogen-bond acceptors (Lipinski definition) is 6. The molecule has 104 valence electrons. The summed E-state index contributed by atoms with van der Waals surface area (Å²) < 4.78 is 10.4. The van der Waals surface area contributed by atoms with Crippen molar-refractivity contribution < 1.29 is 19.4 Å². The highest BCUT2D eigenvalue weighted by molar-refractivity contribution is 5.91. The van der Waals surface area contributed by atoms with Gasteiger partial charge in [0.2, 0.25) is 0 Å². The van der Waals surface area contributed by atoms with Gasteiger partial charge in [-0.3, -0.25) is 4.79 Å². The second-order valence-electron chi connectivity index (χ2n) is 4.38. The lowest BCUT2D eigenvalue weighted by Gasteiger charge is -2.33. The van der Waals surface area contributed by atoms with Gasteiger partial charge >= 0.3 is 0 Å². The Bertz CT molecular complexity index is 415. The van der Waals surface area contributed by atoms with Crippen molar-refractivity contribution in [3.8, 4) is 0 Å². The summed E-state index contributed by atoms with van der Waals surface area (Å²) >= 11 is 0. The Hall–Kier alpha value is -1.57. The number of methoxy groups -OCH3 is 1. The van der Waals surface area contributed by atoms with Crippen LogP contribution in [0.3, 0.4) is 0 Å². The molecule has 1 aliphatic heterocycles. The molecule has 2 rings (SSSR count). The van der Waals surface area contributed by atoms with Gasteiger partial charge in [0, 0.05) is 25.8 Å². The van der Waals surface area contributed by atoms with Crippen LogP contribution in [0.4, 0.5) is 0 Å². The number of carbonyl (C=O) groups is 1. The molecular weight excluding hydrogens is 250 g/mol. The maximum absolute atomic E-state index is 11.8. The van der Waals surface area contributed by atoms with Crippen LogP contribution in [0.25, 0.3) is 0 Å². The second-order valence-corrected chi connectivity index (χ2v) is 4.38. The van der Waals surface area contributed by atoms with E-state index < -0.39 is 6.10 Å². The molecule has 19 heavy (non-hydrogen) atoms. The lowest BCUT2D eigenvalue weighted by Crippen LogP contribution is -2.49. The Balaban J connectivity index is 1.86. The van der Waals surface area contributed by atoms with Crippen molar-refractivity contribution in [2.24, 2.45) is 5.92 Å². The maximum Gasteiger partial charge on any atom is 0.271 e. The van der Waals surface area contributed by atoms with Crippen molar-refractivity contribution in [2.75, 3.05) is 26.9 Å². The summed E-state index contributed by atoms with van der Waals surface area (Å²) in [5.74, 6) is -0.515. The highest BCUT2D eigenvalue weighted by atomic mass is 16.5. The highest BCUT2D eigenvalue weighted by Gasteiger charge is 2.32. The lowest BCUT2D eigenvalue weighted by atomic mass is 9.96. The van der Waals surface area contributed by atoms with Gasteiger partial charge < -0.3 is 19.9 Å². The minimum Gasteiger partial charge on any atom is -0.390 e. The third-order valence-corrected chi connectivity index (χ3v) is 3.11. The topological polar surface area (TPSA) is 93.6 Å². The van der Waals surface area contributed by atoms with Gasteiger partial charge in [-0.05, 0) is 12.1 Å². The SMILES string of the molecule is CO[C@@H]1COC[C@@H](CNC(=O)c2cccnn2)[C@@H]1O. The second kappa shape index (κ2) is 6.55. The number of ether oxygens (including phenoxy) is 2. The van der Waals surface area contributed by atoms with Crippen molar-refractivity contribution in [1.82, 2.24) is 15.5 Å². The van der Waals surface area contributed by atoms with Crippen LogP contribution in [-0.4, -0.2) is 60.3 Å². The number of aliphatic hydroxyl groups excluding tert-OH is 1. The van der Waals surface area contributed by atoms with E-state index in [2.05, 4.69) is 15.5 Å². The number of hydrogen-bond donors (Lipinski definition) is 2. The zero-order chi connectivity index (χ0) is 13.7. The molecule has 3 atom stereocenters. The summed E-state index contributed by atoms with van der Waals surface area (Å²) in [5, 5.41) is 20.1. The number of carbonyl (C=O) groups excluding carboxylic acids is 1. The summed E-state index contributed by atoms with van der Waals surface area (Å²) in [5.41, 5.74) is 0.247. The minimum absolute atomic E-state index is 0.195. The van der Waals surface area contributed by atoms with E-state index >= 15 is 0 Å². The van der Waals surface area contributed by atoms with Crippen molar-refractivity contribution >= 4 is 5.91 Å². The minimum atomic E-state index is -0.652. The molecule has 1 fully saturated rings. The number of aliphatic hydroxyl groups is 1. The fraction of sp³-hybridized carbons (Fsp3) is 0.583. The quantitative estimate of drug-likeness (QED) is 0.744. The molecule has 2 N–H and O–H groups in total. The van der Waals surface area contributed by atoms with Gasteiger partial charge in [-0.15, -0.1) is 5.10 Å². The molecule has 1 aliphatic rings. The van der Waals surface area contributed by atoms with E-state index in [9.17, 15) is 9.90 Å². The Morgan fingerprint density at radius 2 is 2.47 bits per heavy atom. The van der Waals surface area contributed by atoms with Crippen LogP contribution >= 0.6 is 0 Å². The monoisotopic (exact) mass is 267 g/mol. The van der Waals surface area contributed by atoms with Crippen molar-refractivity contribution in [2.45, 2.75) is 12.2 Å². The van der Waals surface area contributed by atoms with Gasteiger partial charge in [0.25, 0.3) is 5.91 Å². The summed E-state index contributed by atoms with van der Waals surface area (Å²) in [6, 6.07) is 3.22. The Kier molecular flexibility index (Phi) is 4.78. The van der Waals surface area contributed by atoms with Gasteiger partial charge in [-0.2, -0.15) is 5.10 Å². The van der Waals surface area contributed by atoms with E-state index in [0.717, 1.165) is 0 Å². The average molecular weight is 267 g/mol. The number of nitrogens with zero attached hydrogens (tertiary/aromatic N) is 2. The maximum atomic E-state index is 11.8. The molecule has 0 saturated carbocycles. The van der Waals surface area contributed by atoms with Crippen LogP contribution in [0.2, 0.25) is 0 Å². The van der Waals surface area contributed by atoms with E-state index in [1.165, 1.54) is 13.3 Å².